The summed E-state index contributed by atoms with van der Waals surface area (Å²) < 4.78 is 0. The second-order valence-electron chi connectivity index (χ2n) is 5.30. The third kappa shape index (κ3) is 4.79. The van der Waals surface area contributed by atoms with Crippen LogP contribution in [0.15, 0.2) is 0 Å². The third-order valence-corrected chi connectivity index (χ3v) is 3.47. The maximum atomic E-state index is 10.9. The molecule has 1 heterocycles. The molecule has 1 amide bonds. The number of amides is 1. The van der Waals surface area contributed by atoms with Crippen molar-refractivity contribution in [3.8, 4) is 0 Å². The Morgan fingerprint density at radius 3 is 2.59 bits per heavy atom. The maximum Gasteiger partial charge on any atom is 0.279 e. The van der Waals surface area contributed by atoms with Gasteiger partial charge in [0.15, 0.2) is 0 Å². The Hall–Kier alpha value is -1.01. The topological polar surface area (TPSA) is 80.9 Å². The zero-order chi connectivity index (χ0) is 13.1. The second kappa shape index (κ2) is 5.55. The molecular weight excluding hydrogens is 236 g/mol. The number of nitrogens with two attached hydrogens (primary N) is 1. The molecule has 96 valence electrons. The van der Waals surface area contributed by atoms with Gasteiger partial charge in [-0.25, -0.2) is 0 Å². The summed E-state index contributed by atoms with van der Waals surface area (Å²) in [7, 11) is 0. The first-order chi connectivity index (χ1) is 7.79. The molecule has 1 aromatic heterocycles. The first-order valence-electron chi connectivity index (χ1n) is 5.66. The molecular formula is C11H20N4OS. The number of primary amides is 1. The molecule has 0 bridgehead atoms. The zero-order valence-electron chi connectivity index (χ0n) is 10.8. The highest BCUT2D eigenvalue weighted by atomic mass is 32.1. The molecule has 0 aliphatic carbocycles. The van der Waals surface area contributed by atoms with Gasteiger partial charge >= 0.3 is 0 Å². The predicted octanol–water partition coefficient (Wildman–Crippen LogP) is 1.72. The Morgan fingerprint density at radius 2 is 2.12 bits per heavy atom. The summed E-state index contributed by atoms with van der Waals surface area (Å²) >= 11 is 1.25. The Balaban J connectivity index is 2.46. The summed E-state index contributed by atoms with van der Waals surface area (Å²) in [6.07, 6.45) is 1.08. The van der Waals surface area contributed by atoms with Crippen molar-refractivity contribution in [3.63, 3.8) is 0 Å². The maximum absolute atomic E-state index is 10.9. The van der Waals surface area contributed by atoms with E-state index in [2.05, 4.69) is 36.3 Å². The van der Waals surface area contributed by atoms with Gasteiger partial charge < -0.3 is 11.1 Å². The number of rotatable bonds is 5. The molecule has 17 heavy (non-hydrogen) atoms. The van der Waals surface area contributed by atoms with Crippen molar-refractivity contribution in [3.05, 3.63) is 10.0 Å². The van der Waals surface area contributed by atoms with Crippen LogP contribution in [0.4, 0.5) is 0 Å². The van der Waals surface area contributed by atoms with Gasteiger partial charge in [0.25, 0.3) is 5.91 Å². The van der Waals surface area contributed by atoms with E-state index in [4.69, 9.17) is 5.73 Å². The molecule has 1 rings (SSSR count). The fraction of sp³-hybridized carbons (Fsp3) is 0.727. The van der Waals surface area contributed by atoms with Crippen molar-refractivity contribution < 1.29 is 4.79 Å². The van der Waals surface area contributed by atoms with Gasteiger partial charge in [-0.3, -0.25) is 4.79 Å². The number of nitrogens with one attached hydrogen (secondary N) is 1. The van der Waals surface area contributed by atoms with E-state index in [0.717, 1.165) is 18.0 Å². The lowest BCUT2D eigenvalue weighted by molar-refractivity contribution is 0.0999. The lowest BCUT2D eigenvalue weighted by Gasteiger charge is -2.19. The van der Waals surface area contributed by atoms with Gasteiger partial charge in [-0.05, 0) is 25.3 Å². The van der Waals surface area contributed by atoms with Crippen LogP contribution in [0.25, 0.3) is 0 Å². The molecule has 0 saturated heterocycles. The van der Waals surface area contributed by atoms with E-state index in [0.29, 0.717) is 5.41 Å². The molecule has 6 heteroatoms. The standard InChI is InChI=1S/C11H20N4OS/c1-7(13-6-5-11(2,3)4)9-14-15-10(17-9)8(12)16/h7,13H,5-6H2,1-4H3,(H2,12,16). The second-order valence-corrected chi connectivity index (χ2v) is 6.31. The molecule has 0 spiro atoms. The summed E-state index contributed by atoms with van der Waals surface area (Å²) in [6, 6.07) is 0.1000. The molecule has 0 fully saturated rings. The first-order valence-corrected chi connectivity index (χ1v) is 6.48. The fourth-order valence-corrected chi connectivity index (χ4v) is 1.98. The van der Waals surface area contributed by atoms with E-state index in [1.807, 2.05) is 6.92 Å². The molecule has 1 aromatic rings. The molecule has 0 saturated carbocycles. The lowest BCUT2D eigenvalue weighted by atomic mass is 9.92. The summed E-state index contributed by atoms with van der Waals surface area (Å²) in [5, 5.41) is 12.1. The predicted molar refractivity (Wildman–Crippen MR) is 68.9 cm³/mol. The van der Waals surface area contributed by atoms with Crippen molar-refractivity contribution in [1.82, 2.24) is 15.5 Å². The Labute approximate surface area is 106 Å². The fourth-order valence-electron chi connectivity index (χ4n) is 1.26. The van der Waals surface area contributed by atoms with Crippen LogP contribution in [-0.2, 0) is 0 Å². The van der Waals surface area contributed by atoms with Crippen LogP contribution >= 0.6 is 11.3 Å². The Bertz CT molecular complexity index is 383. The highest BCUT2D eigenvalue weighted by Crippen LogP contribution is 2.20. The van der Waals surface area contributed by atoms with Gasteiger partial charge in [-0.1, -0.05) is 32.1 Å². The van der Waals surface area contributed by atoms with E-state index in [1.165, 1.54) is 11.3 Å². The van der Waals surface area contributed by atoms with Crippen molar-refractivity contribution >= 4 is 17.2 Å². The Kier molecular flexibility index (Phi) is 4.59. The number of nitrogens with zero attached hydrogens (tertiary/aromatic N) is 2. The number of carbonyl (C=O) groups excluding carboxylic acids is 1. The molecule has 1 atom stereocenters. The average Bonchev–Trinajstić information content (AvgIpc) is 2.63. The van der Waals surface area contributed by atoms with Gasteiger partial charge in [-0.15, -0.1) is 10.2 Å². The van der Waals surface area contributed by atoms with Crippen molar-refractivity contribution in [2.24, 2.45) is 11.1 Å². The van der Waals surface area contributed by atoms with Gasteiger partial charge in [0.2, 0.25) is 5.01 Å². The summed E-state index contributed by atoms with van der Waals surface area (Å²) in [5.74, 6) is -0.518. The van der Waals surface area contributed by atoms with Crippen LogP contribution in [0.2, 0.25) is 0 Å². The number of aromatic nitrogens is 2. The van der Waals surface area contributed by atoms with Crippen LogP contribution in [0.3, 0.4) is 0 Å². The van der Waals surface area contributed by atoms with Crippen molar-refractivity contribution in [1.29, 1.82) is 0 Å². The van der Waals surface area contributed by atoms with Gasteiger partial charge in [-0.2, -0.15) is 0 Å². The lowest BCUT2D eigenvalue weighted by Crippen LogP contribution is -2.23. The van der Waals surface area contributed by atoms with E-state index in [1.54, 1.807) is 0 Å². The summed E-state index contributed by atoms with van der Waals surface area (Å²) in [6.45, 7) is 9.53. The third-order valence-electron chi connectivity index (χ3n) is 2.35. The molecule has 0 aliphatic heterocycles. The number of hydrogen-bond donors (Lipinski definition) is 2. The van der Waals surface area contributed by atoms with Crippen molar-refractivity contribution in [2.45, 2.75) is 40.2 Å². The average molecular weight is 256 g/mol. The molecule has 0 aliphatic rings. The summed E-state index contributed by atoms with van der Waals surface area (Å²) in [4.78, 5) is 10.9. The van der Waals surface area contributed by atoms with E-state index in [-0.39, 0.29) is 11.0 Å². The van der Waals surface area contributed by atoms with Crippen LogP contribution < -0.4 is 11.1 Å². The SMILES string of the molecule is CC(NCCC(C)(C)C)c1nnc(C(N)=O)s1. The summed E-state index contributed by atoms with van der Waals surface area (Å²) in [5.41, 5.74) is 5.44. The zero-order valence-corrected chi connectivity index (χ0v) is 11.6. The minimum absolute atomic E-state index is 0.1000. The Morgan fingerprint density at radius 1 is 1.47 bits per heavy atom. The van der Waals surface area contributed by atoms with E-state index >= 15 is 0 Å². The smallest absolute Gasteiger partial charge is 0.279 e. The van der Waals surface area contributed by atoms with Gasteiger partial charge in [0.05, 0.1) is 6.04 Å². The molecule has 0 aromatic carbocycles. The molecule has 5 nitrogen and oxygen atoms in total. The van der Waals surface area contributed by atoms with Crippen LogP contribution in [0, 0.1) is 5.41 Å². The molecule has 3 N–H and O–H groups in total. The number of hydrogen-bond acceptors (Lipinski definition) is 5. The number of carbonyl (C=O) groups is 1. The minimum Gasteiger partial charge on any atom is -0.363 e. The highest BCUT2D eigenvalue weighted by Gasteiger charge is 2.15. The highest BCUT2D eigenvalue weighted by molar-refractivity contribution is 7.13. The van der Waals surface area contributed by atoms with Crippen molar-refractivity contribution in [2.75, 3.05) is 6.54 Å². The van der Waals surface area contributed by atoms with Crippen LogP contribution in [0.1, 0.15) is 55.0 Å². The largest absolute Gasteiger partial charge is 0.363 e. The normalized spacial score (nSPS) is 13.6. The van der Waals surface area contributed by atoms with Gasteiger partial charge in [0.1, 0.15) is 5.01 Å². The first kappa shape index (κ1) is 14.1. The van der Waals surface area contributed by atoms with Crippen LogP contribution in [0.5, 0.6) is 0 Å². The molecule has 0 radical (unpaired) electrons. The van der Waals surface area contributed by atoms with Crippen LogP contribution in [-0.4, -0.2) is 22.6 Å². The van der Waals surface area contributed by atoms with E-state index < -0.39 is 5.91 Å². The quantitative estimate of drug-likeness (QED) is 0.840. The monoisotopic (exact) mass is 256 g/mol. The molecule has 1 unspecified atom stereocenters. The minimum atomic E-state index is -0.518. The van der Waals surface area contributed by atoms with E-state index in [9.17, 15) is 4.79 Å². The van der Waals surface area contributed by atoms with Gasteiger partial charge in [0, 0.05) is 0 Å².